The van der Waals surface area contributed by atoms with Gasteiger partial charge in [0, 0.05) is 25.3 Å². The van der Waals surface area contributed by atoms with E-state index in [-0.39, 0.29) is 6.10 Å². The zero-order valence-corrected chi connectivity index (χ0v) is 8.89. The van der Waals surface area contributed by atoms with Crippen molar-refractivity contribution in [2.75, 3.05) is 18.8 Å². The van der Waals surface area contributed by atoms with Gasteiger partial charge in [0.15, 0.2) is 0 Å². The average Bonchev–Trinajstić information content (AvgIpc) is 2.22. The number of benzene rings is 1. The normalized spacial score (nSPS) is 19.3. The smallest absolute Gasteiger partial charge is 0.0564 e. The molecular weight excluding hydrogens is 188 g/mol. The van der Waals surface area contributed by atoms with Crippen LogP contribution in [-0.4, -0.2) is 29.2 Å². The third kappa shape index (κ3) is 2.94. The van der Waals surface area contributed by atoms with Crippen molar-refractivity contribution in [3.05, 3.63) is 29.8 Å². The predicted octanol–water partition coefficient (Wildman–Crippen LogP) is 1.23. The number of likely N-dealkylation sites (tertiary alicyclic amines) is 1. The van der Waals surface area contributed by atoms with Gasteiger partial charge in [-0.25, -0.2) is 0 Å². The molecule has 3 nitrogen and oxygen atoms in total. The van der Waals surface area contributed by atoms with Crippen molar-refractivity contribution in [2.45, 2.75) is 25.5 Å². The number of hydrogen-bond donors (Lipinski definition) is 2. The fraction of sp³-hybridized carbons (Fsp3) is 0.500. The molecule has 1 saturated heterocycles. The Morgan fingerprint density at radius 2 is 2.07 bits per heavy atom. The Hall–Kier alpha value is -1.06. The first-order chi connectivity index (χ1) is 7.24. The Morgan fingerprint density at radius 1 is 1.33 bits per heavy atom. The van der Waals surface area contributed by atoms with Crippen LogP contribution in [0.15, 0.2) is 24.3 Å². The third-order valence-corrected chi connectivity index (χ3v) is 2.91. The van der Waals surface area contributed by atoms with Crippen molar-refractivity contribution in [1.82, 2.24) is 4.90 Å². The Kier molecular flexibility index (Phi) is 3.23. The van der Waals surface area contributed by atoms with E-state index in [1.807, 2.05) is 18.2 Å². The van der Waals surface area contributed by atoms with E-state index in [4.69, 9.17) is 5.73 Å². The minimum atomic E-state index is -0.0953. The summed E-state index contributed by atoms with van der Waals surface area (Å²) >= 11 is 0. The lowest BCUT2D eigenvalue weighted by molar-refractivity contribution is 0.0792. The molecule has 0 aliphatic carbocycles. The molecule has 1 fully saturated rings. The highest BCUT2D eigenvalue weighted by molar-refractivity contribution is 5.40. The van der Waals surface area contributed by atoms with Crippen LogP contribution < -0.4 is 5.73 Å². The van der Waals surface area contributed by atoms with E-state index in [2.05, 4.69) is 11.0 Å². The highest BCUT2D eigenvalue weighted by Gasteiger charge is 2.16. The number of hydrogen-bond acceptors (Lipinski definition) is 3. The van der Waals surface area contributed by atoms with Gasteiger partial charge in [0.25, 0.3) is 0 Å². The molecule has 0 radical (unpaired) electrons. The molecular formula is C12H18N2O. The van der Waals surface area contributed by atoms with Crippen LogP contribution in [0.1, 0.15) is 18.4 Å². The second-order valence-corrected chi connectivity index (χ2v) is 4.25. The second kappa shape index (κ2) is 4.64. The largest absolute Gasteiger partial charge is 0.399 e. The third-order valence-electron chi connectivity index (χ3n) is 2.91. The van der Waals surface area contributed by atoms with Gasteiger partial charge in [-0.2, -0.15) is 0 Å². The number of aliphatic hydroxyl groups is 1. The van der Waals surface area contributed by atoms with Crippen molar-refractivity contribution >= 4 is 5.69 Å². The SMILES string of the molecule is Nc1cccc(CN2CCC(O)CC2)c1. The van der Waals surface area contributed by atoms with Gasteiger partial charge in [0.05, 0.1) is 6.10 Å². The number of rotatable bonds is 2. The quantitative estimate of drug-likeness (QED) is 0.715. The zero-order chi connectivity index (χ0) is 10.7. The number of piperidine rings is 1. The summed E-state index contributed by atoms with van der Waals surface area (Å²) in [6.07, 6.45) is 1.69. The first kappa shape index (κ1) is 10.5. The summed E-state index contributed by atoms with van der Waals surface area (Å²) in [5.74, 6) is 0. The molecule has 1 aliphatic rings. The minimum absolute atomic E-state index is 0.0953. The first-order valence-electron chi connectivity index (χ1n) is 5.49. The average molecular weight is 206 g/mol. The lowest BCUT2D eigenvalue weighted by Gasteiger charge is -2.29. The molecule has 0 unspecified atom stereocenters. The summed E-state index contributed by atoms with van der Waals surface area (Å²) < 4.78 is 0. The molecule has 2 rings (SSSR count). The van der Waals surface area contributed by atoms with Gasteiger partial charge in [-0.15, -0.1) is 0 Å². The standard InChI is InChI=1S/C12H18N2O/c13-11-3-1-2-10(8-11)9-14-6-4-12(15)5-7-14/h1-3,8,12,15H,4-7,9,13H2. The zero-order valence-electron chi connectivity index (χ0n) is 8.89. The first-order valence-corrected chi connectivity index (χ1v) is 5.49. The lowest BCUT2D eigenvalue weighted by Crippen LogP contribution is -2.35. The molecule has 1 aromatic rings. The highest BCUT2D eigenvalue weighted by Crippen LogP contribution is 2.14. The number of aliphatic hydroxyl groups excluding tert-OH is 1. The molecule has 82 valence electrons. The van der Waals surface area contributed by atoms with E-state index < -0.39 is 0 Å². The fourth-order valence-corrected chi connectivity index (χ4v) is 2.03. The number of anilines is 1. The molecule has 15 heavy (non-hydrogen) atoms. The van der Waals surface area contributed by atoms with E-state index >= 15 is 0 Å². The van der Waals surface area contributed by atoms with Crippen molar-refractivity contribution < 1.29 is 5.11 Å². The molecule has 3 N–H and O–H groups in total. The van der Waals surface area contributed by atoms with Crippen LogP contribution in [-0.2, 0) is 6.54 Å². The predicted molar refractivity (Wildman–Crippen MR) is 61.4 cm³/mol. The Morgan fingerprint density at radius 3 is 2.73 bits per heavy atom. The molecule has 1 aliphatic heterocycles. The fourth-order valence-electron chi connectivity index (χ4n) is 2.03. The van der Waals surface area contributed by atoms with E-state index in [0.29, 0.717) is 0 Å². The van der Waals surface area contributed by atoms with Crippen molar-refractivity contribution in [2.24, 2.45) is 0 Å². The Bertz CT molecular complexity index is 319. The van der Waals surface area contributed by atoms with Crippen LogP contribution in [0.4, 0.5) is 5.69 Å². The molecule has 0 bridgehead atoms. The second-order valence-electron chi connectivity index (χ2n) is 4.25. The molecule has 1 heterocycles. The van der Waals surface area contributed by atoms with Gasteiger partial charge in [0.1, 0.15) is 0 Å². The maximum absolute atomic E-state index is 9.39. The van der Waals surface area contributed by atoms with Crippen molar-refractivity contribution in [1.29, 1.82) is 0 Å². The number of nitrogens with two attached hydrogens (primary N) is 1. The lowest BCUT2D eigenvalue weighted by atomic mass is 10.1. The Labute approximate surface area is 90.5 Å². The monoisotopic (exact) mass is 206 g/mol. The molecule has 0 saturated carbocycles. The maximum Gasteiger partial charge on any atom is 0.0564 e. The minimum Gasteiger partial charge on any atom is -0.399 e. The number of nitrogen functional groups attached to an aromatic ring is 1. The highest BCUT2D eigenvalue weighted by atomic mass is 16.3. The summed E-state index contributed by atoms with van der Waals surface area (Å²) in [7, 11) is 0. The van der Waals surface area contributed by atoms with Crippen LogP contribution in [0, 0.1) is 0 Å². The van der Waals surface area contributed by atoms with Gasteiger partial charge in [-0.3, -0.25) is 4.90 Å². The Balaban J connectivity index is 1.92. The van der Waals surface area contributed by atoms with Crippen LogP contribution in [0.2, 0.25) is 0 Å². The summed E-state index contributed by atoms with van der Waals surface area (Å²) in [5, 5.41) is 9.39. The topological polar surface area (TPSA) is 49.5 Å². The summed E-state index contributed by atoms with van der Waals surface area (Å²) in [4.78, 5) is 2.36. The van der Waals surface area contributed by atoms with Crippen LogP contribution in [0.3, 0.4) is 0 Å². The van der Waals surface area contributed by atoms with E-state index in [9.17, 15) is 5.11 Å². The molecule has 0 spiro atoms. The van der Waals surface area contributed by atoms with Crippen LogP contribution >= 0.6 is 0 Å². The molecule has 0 amide bonds. The van der Waals surface area contributed by atoms with Gasteiger partial charge >= 0.3 is 0 Å². The van der Waals surface area contributed by atoms with E-state index in [1.165, 1.54) is 5.56 Å². The van der Waals surface area contributed by atoms with Gasteiger partial charge in [0.2, 0.25) is 0 Å². The molecule has 0 aromatic heterocycles. The maximum atomic E-state index is 9.39. The summed E-state index contributed by atoms with van der Waals surface area (Å²) in [5.41, 5.74) is 7.81. The molecule has 1 aromatic carbocycles. The van der Waals surface area contributed by atoms with E-state index in [1.54, 1.807) is 0 Å². The van der Waals surface area contributed by atoms with Gasteiger partial charge in [-0.05, 0) is 30.5 Å². The molecule has 0 atom stereocenters. The van der Waals surface area contributed by atoms with Gasteiger partial charge < -0.3 is 10.8 Å². The van der Waals surface area contributed by atoms with Crippen molar-refractivity contribution in [3.8, 4) is 0 Å². The number of nitrogens with zero attached hydrogens (tertiary/aromatic N) is 1. The summed E-state index contributed by atoms with van der Waals surface area (Å²) in [6.45, 7) is 2.91. The van der Waals surface area contributed by atoms with Crippen LogP contribution in [0.25, 0.3) is 0 Å². The van der Waals surface area contributed by atoms with Crippen LogP contribution in [0.5, 0.6) is 0 Å². The summed E-state index contributed by atoms with van der Waals surface area (Å²) in [6, 6.07) is 8.01. The van der Waals surface area contributed by atoms with Crippen molar-refractivity contribution in [3.63, 3.8) is 0 Å². The molecule has 3 heteroatoms. The van der Waals surface area contributed by atoms with Gasteiger partial charge in [-0.1, -0.05) is 12.1 Å². The van der Waals surface area contributed by atoms with E-state index in [0.717, 1.165) is 38.2 Å².